The Morgan fingerprint density at radius 2 is 1.01 bits per heavy atom. The Bertz CT molecular complexity index is 2500. The van der Waals surface area contributed by atoms with Crippen LogP contribution in [0.5, 0.6) is 23.0 Å². The van der Waals surface area contributed by atoms with Crippen molar-refractivity contribution in [2.24, 2.45) is 0 Å². The molecule has 1 aliphatic heterocycles. The molecule has 0 aromatic heterocycles. The second-order valence-electron chi connectivity index (χ2n) is 18.8. The Labute approximate surface area is 439 Å². The molecule has 0 bridgehead atoms. The van der Waals surface area contributed by atoms with Crippen LogP contribution < -0.4 is 18.9 Å². The SMILES string of the molecule is C.COc1cc(F)c(C)cc1C(C)C.COc1cc(F)c(C)cc1C(C)C.COc1ccc(C(F)F)cc1C(C)C.Cc1cc(C(C)C)c(Cl)cc1F.Cc1ccc(OC(F)(F)F)cc1CN1C(=O)O[C@H](C)[C@@H]1C. The molecule has 5 aromatic rings. The summed E-state index contributed by atoms with van der Waals surface area (Å²) in [5, 5.41) is 0.521. The lowest BCUT2D eigenvalue weighted by atomic mass is 10.00. The zero-order chi connectivity index (χ0) is 55.8. The summed E-state index contributed by atoms with van der Waals surface area (Å²) < 4.78 is 125. The molecule has 16 heteroatoms. The molecule has 0 aliphatic carbocycles. The Hall–Kier alpha value is -5.70. The van der Waals surface area contributed by atoms with Gasteiger partial charge in [0.15, 0.2) is 0 Å². The second-order valence-corrected chi connectivity index (χ2v) is 19.2. The number of hydrogen-bond donors (Lipinski definition) is 0. The Kier molecular flexibility index (Phi) is 26.9. The van der Waals surface area contributed by atoms with Crippen molar-refractivity contribution < 1.29 is 63.6 Å². The smallest absolute Gasteiger partial charge is 0.496 e. The highest BCUT2D eigenvalue weighted by atomic mass is 35.5. The third-order valence-electron chi connectivity index (χ3n) is 11.9. The summed E-state index contributed by atoms with van der Waals surface area (Å²) in [6.07, 6.45) is -7.86. The minimum Gasteiger partial charge on any atom is -0.496 e. The molecule has 412 valence electrons. The molecule has 0 unspecified atom stereocenters. The van der Waals surface area contributed by atoms with Crippen molar-refractivity contribution in [2.75, 3.05) is 21.3 Å². The number of rotatable bonds is 11. The van der Waals surface area contributed by atoms with Gasteiger partial charge in [0.1, 0.15) is 46.6 Å². The average Bonchev–Trinajstić information content (AvgIpc) is 3.55. The summed E-state index contributed by atoms with van der Waals surface area (Å²) in [5.74, 6) is 2.24. The van der Waals surface area contributed by atoms with E-state index in [1.165, 1.54) is 53.4 Å². The third kappa shape index (κ3) is 19.9. The monoisotopic (exact) mass is 1070 g/mol. The zero-order valence-electron chi connectivity index (χ0n) is 45.0. The third-order valence-corrected chi connectivity index (χ3v) is 12.2. The van der Waals surface area contributed by atoms with Crippen molar-refractivity contribution in [2.45, 2.75) is 160 Å². The highest BCUT2D eigenvalue weighted by molar-refractivity contribution is 6.31. The van der Waals surface area contributed by atoms with Crippen LogP contribution in [0.2, 0.25) is 5.02 Å². The maximum Gasteiger partial charge on any atom is 0.573 e. The summed E-state index contributed by atoms with van der Waals surface area (Å²) >= 11 is 5.86. The summed E-state index contributed by atoms with van der Waals surface area (Å²) in [7, 11) is 4.68. The number of nitrogens with zero attached hydrogens (tertiary/aromatic N) is 1. The molecule has 1 heterocycles. The lowest BCUT2D eigenvalue weighted by molar-refractivity contribution is -0.274. The van der Waals surface area contributed by atoms with Gasteiger partial charge in [-0.1, -0.05) is 86.6 Å². The molecule has 1 aliphatic rings. The number of amides is 1. The van der Waals surface area contributed by atoms with Crippen LogP contribution in [0.15, 0.2) is 72.8 Å². The summed E-state index contributed by atoms with van der Waals surface area (Å²) in [6.45, 7) is 27.1. The molecule has 0 N–H and O–H groups in total. The number of ether oxygens (including phenoxy) is 5. The van der Waals surface area contributed by atoms with E-state index in [4.69, 9.17) is 30.5 Å². The first kappa shape index (κ1) is 66.3. The topological polar surface area (TPSA) is 66.5 Å². The van der Waals surface area contributed by atoms with Crippen LogP contribution in [0, 0.1) is 45.1 Å². The molecule has 0 radical (unpaired) electrons. The fraction of sp³-hybridized carbons (Fsp3) is 0.466. The van der Waals surface area contributed by atoms with E-state index in [2.05, 4.69) is 32.4 Å². The van der Waals surface area contributed by atoms with Gasteiger partial charge >= 0.3 is 12.5 Å². The molecule has 1 amide bonds. The van der Waals surface area contributed by atoms with Crippen LogP contribution in [0.1, 0.15) is 162 Å². The maximum absolute atomic E-state index is 13.1. The van der Waals surface area contributed by atoms with E-state index in [0.29, 0.717) is 62.3 Å². The van der Waals surface area contributed by atoms with Crippen LogP contribution in [0.4, 0.5) is 39.9 Å². The highest BCUT2D eigenvalue weighted by Crippen LogP contribution is 2.33. The molecular formula is C58H76ClF8NO6. The zero-order valence-corrected chi connectivity index (χ0v) is 45.7. The predicted molar refractivity (Wildman–Crippen MR) is 281 cm³/mol. The first-order chi connectivity index (χ1) is 33.9. The van der Waals surface area contributed by atoms with E-state index in [0.717, 1.165) is 27.8 Å². The standard InChI is InChI=1S/C14H16F3NO3.C11H14F2O.2C11H15FO.C10H12ClF.CH4/c1-8-4-5-12(21-14(15,16)17)6-11(8)7-18-9(2)10(3)20-13(18)19;1-7(2)9-6-8(11(12)13)4-5-10(9)14-3;2*1-7(2)9-5-8(3)10(12)6-11(9)13-4;1-6(2)8-4-7(3)10(12)5-9(8)11;/h4-6,9-10H,7H2,1-3H3;4-7,11H,1-3H3;2*5-7H,1-4H3;4-6H,1-3H3;1H4/t9-,10+;;;;;/m0...../s1. The van der Waals surface area contributed by atoms with Gasteiger partial charge in [0.2, 0.25) is 0 Å². The van der Waals surface area contributed by atoms with Gasteiger partial charge in [0, 0.05) is 29.3 Å². The summed E-state index contributed by atoms with van der Waals surface area (Å²) in [6, 6.07) is 18.2. The van der Waals surface area contributed by atoms with Gasteiger partial charge in [-0.05, 0) is 164 Å². The van der Waals surface area contributed by atoms with Crippen LogP contribution in [-0.4, -0.2) is 50.8 Å². The van der Waals surface area contributed by atoms with Gasteiger partial charge in [-0.3, -0.25) is 4.90 Å². The number of cyclic esters (lactones) is 1. The van der Waals surface area contributed by atoms with Gasteiger partial charge in [-0.2, -0.15) is 0 Å². The van der Waals surface area contributed by atoms with Gasteiger partial charge in [0.05, 0.1) is 27.4 Å². The fourth-order valence-corrected chi connectivity index (χ4v) is 7.61. The number of alkyl halides is 5. The Morgan fingerprint density at radius 3 is 1.39 bits per heavy atom. The second kappa shape index (κ2) is 30.0. The molecule has 0 saturated carbocycles. The number of benzene rings is 5. The number of carbonyl (C=O) groups is 1. The molecule has 6 rings (SSSR count). The van der Waals surface area contributed by atoms with Crippen molar-refractivity contribution in [1.29, 1.82) is 0 Å². The lowest BCUT2D eigenvalue weighted by Crippen LogP contribution is -2.32. The molecule has 5 aromatic carbocycles. The van der Waals surface area contributed by atoms with Crippen molar-refractivity contribution in [3.05, 3.63) is 151 Å². The number of hydrogen-bond acceptors (Lipinski definition) is 6. The Balaban J connectivity index is 0.000000469. The van der Waals surface area contributed by atoms with Crippen molar-refractivity contribution >= 4 is 17.7 Å². The first-order valence-electron chi connectivity index (χ1n) is 23.8. The van der Waals surface area contributed by atoms with Crippen molar-refractivity contribution in [3.63, 3.8) is 0 Å². The van der Waals surface area contributed by atoms with E-state index in [1.807, 2.05) is 52.8 Å². The quantitative estimate of drug-likeness (QED) is 0.123. The molecule has 0 spiro atoms. The average molecular weight is 1070 g/mol. The Morgan fingerprint density at radius 1 is 0.595 bits per heavy atom. The van der Waals surface area contributed by atoms with E-state index >= 15 is 0 Å². The molecule has 7 nitrogen and oxygen atoms in total. The molecule has 2 atom stereocenters. The van der Waals surface area contributed by atoms with E-state index < -0.39 is 18.9 Å². The van der Waals surface area contributed by atoms with Gasteiger partial charge in [-0.25, -0.2) is 26.7 Å². The molecular weight excluding hydrogens is 994 g/mol. The molecule has 1 saturated heterocycles. The minimum atomic E-state index is -4.74. The number of halogens is 9. The van der Waals surface area contributed by atoms with Crippen LogP contribution >= 0.6 is 11.6 Å². The first-order valence-corrected chi connectivity index (χ1v) is 24.2. The largest absolute Gasteiger partial charge is 0.573 e. The van der Waals surface area contributed by atoms with Crippen molar-refractivity contribution in [3.8, 4) is 23.0 Å². The van der Waals surface area contributed by atoms with E-state index in [1.54, 1.807) is 62.0 Å². The van der Waals surface area contributed by atoms with E-state index in [-0.39, 0.29) is 60.8 Å². The number of methoxy groups -OCH3 is 3. The minimum absolute atomic E-state index is 0. The number of aryl methyl sites for hydroxylation is 4. The fourth-order valence-electron chi connectivity index (χ4n) is 7.24. The summed E-state index contributed by atoms with van der Waals surface area (Å²) in [5.41, 5.74) is 7.37. The van der Waals surface area contributed by atoms with E-state index in [9.17, 15) is 39.9 Å². The lowest BCUT2D eigenvalue weighted by Gasteiger charge is -2.21. The normalized spacial score (nSPS) is 13.9. The maximum atomic E-state index is 13.1. The van der Waals surface area contributed by atoms with Gasteiger partial charge < -0.3 is 23.7 Å². The van der Waals surface area contributed by atoms with Crippen molar-refractivity contribution in [1.82, 2.24) is 4.90 Å². The number of carbonyl (C=O) groups excluding carboxylic acids is 1. The molecule has 1 fully saturated rings. The van der Waals surface area contributed by atoms with Crippen LogP contribution in [0.3, 0.4) is 0 Å². The van der Waals surface area contributed by atoms with Gasteiger partial charge in [-0.15, -0.1) is 13.2 Å². The molecule has 74 heavy (non-hydrogen) atoms. The van der Waals surface area contributed by atoms with Gasteiger partial charge in [0.25, 0.3) is 6.43 Å². The summed E-state index contributed by atoms with van der Waals surface area (Å²) in [4.78, 5) is 13.2. The van der Waals surface area contributed by atoms with Crippen LogP contribution in [0.25, 0.3) is 0 Å². The highest BCUT2D eigenvalue weighted by Gasteiger charge is 2.36. The predicted octanol–water partition coefficient (Wildman–Crippen LogP) is 18.5. The van der Waals surface area contributed by atoms with Crippen LogP contribution in [-0.2, 0) is 11.3 Å².